The highest BCUT2D eigenvalue weighted by atomic mass is 32.2. The maximum Gasteiger partial charge on any atom is 0.242 e. The Bertz CT molecular complexity index is 774. The summed E-state index contributed by atoms with van der Waals surface area (Å²) in [6.45, 7) is 0.553. The van der Waals surface area contributed by atoms with Gasteiger partial charge in [-0.2, -0.15) is 5.26 Å². The normalized spacial score (nSPS) is 11.3. The topological polar surface area (TPSA) is 73.2 Å². The van der Waals surface area contributed by atoms with Gasteiger partial charge in [0.15, 0.2) is 0 Å². The van der Waals surface area contributed by atoms with Gasteiger partial charge in [0, 0.05) is 36.6 Å². The van der Waals surface area contributed by atoms with Crippen molar-refractivity contribution in [2.45, 2.75) is 11.4 Å². The number of benzene rings is 1. The first kappa shape index (κ1) is 15.5. The van der Waals surface area contributed by atoms with Crippen LogP contribution < -0.4 is 5.32 Å². The third kappa shape index (κ3) is 3.61. The third-order valence-corrected chi connectivity index (χ3v) is 5.61. The second-order valence-corrected chi connectivity index (χ2v) is 7.73. The minimum absolute atomic E-state index is 0.251. The molecule has 0 amide bonds. The van der Waals surface area contributed by atoms with Gasteiger partial charge in [0.25, 0.3) is 0 Å². The van der Waals surface area contributed by atoms with Gasteiger partial charge in [-0.25, -0.2) is 12.7 Å². The number of thiophene rings is 1. The summed E-state index contributed by atoms with van der Waals surface area (Å²) < 4.78 is 25.3. The quantitative estimate of drug-likeness (QED) is 0.918. The van der Waals surface area contributed by atoms with Crippen LogP contribution >= 0.6 is 11.3 Å². The minimum atomic E-state index is -3.43. The van der Waals surface area contributed by atoms with Crippen molar-refractivity contribution in [1.82, 2.24) is 4.31 Å². The Hall–Kier alpha value is -1.88. The first-order chi connectivity index (χ1) is 9.93. The van der Waals surface area contributed by atoms with Crippen LogP contribution in [0.5, 0.6) is 0 Å². The highest BCUT2D eigenvalue weighted by Gasteiger charge is 2.17. The summed E-state index contributed by atoms with van der Waals surface area (Å²) in [4.78, 5) is 1.27. The number of nitrogens with one attached hydrogen (secondary N) is 1. The van der Waals surface area contributed by atoms with E-state index in [0.717, 1.165) is 10.6 Å². The van der Waals surface area contributed by atoms with Crippen LogP contribution in [0, 0.1) is 11.3 Å². The molecule has 0 fully saturated rings. The Morgan fingerprint density at radius 2 is 2.10 bits per heavy atom. The van der Waals surface area contributed by atoms with Gasteiger partial charge in [0.1, 0.15) is 6.07 Å². The van der Waals surface area contributed by atoms with E-state index in [0.29, 0.717) is 12.1 Å². The molecule has 0 atom stereocenters. The van der Waals surface area contributed by atoms with Gasteiger partial charge in [-0.1, -0.05) is 6.07 Å². The Balaban J connectivity index is 2.13. The van der Waals surface area contributed by atoms with Crippen LogP contribution in [0.1, 0.15) is 10.4 Å². The first-order valence-corrected chi connectivity index (χ1v) is 8.49. The number of rotatable bonds is 5. The average Bonchev–Trinajstić information content (AvgIpc) is 2.93. The molecule has 0 unspecified atom stereocenters. The predicted octanol–water partition coefficient (Wildman–Crippen LogP) is 2.48. The zero-order valence-corrected chi connectivity index (χ0v) is 13.3. The fourth-order valence-corrected chi connectivity index (χ4v) is 3.40. The van der Waals surface area contributed by atoms with E-state index < -0.39 is 10.0 Å². The highest BCUT2D eigenvalue weighted by Crippen LogP contribution is 2.20. The van der Waals surface area contributed by atoms with Gasteiger partial charge >= 0.3 is 0 Å². The van der Waals surface area contributed by atoms with Crippen molar-refractivity contribution in [2.75, 3.05) is 19.4 Å². The second-order valence-electron chi connectivity index (χ2n) is 4.58. The maximum atomic E-state index is 12.1. The Labute approximate surface area is 128 Å². The van der Waals surface area contributed by atoms with Crippen LogP contribution in [0.2, 0.25) is 0 Å². The summed E-state index contributed by atoms with van der Waals surface area (Å²) in [5, 5.41) is 13.7. The number of sulfonamides is 1. The predicted molar refractivity (Wildman–Crippen MR) is 83.7 cm³/mol. The third-order valence-electron chi connectivity index (χ3n) is 2.86. The number of anilines is 1. The lowest BCUT2D eigenvalue weighted by atomic mass is 10.3. The summed E-state index contributed by atoms with van der Waals surface area (Å²) in [5.74, 6) is 0. The number of nitrogens with zero attached hydrogens (tertiary/aromatic N) is 2. The van der Waals surface area contributed by atoms with Crippen molar-refractivity contribution >= 4 is 27.0 Å². The fourth-order valence-electron chi connectivity index (χ4n) is 1.70. The average molecular weight is 321 g/mol. The monoisotopic (exact) mass is 321 g/mol. The molecule has 2 rings (SSSR count). The van der Waals surface area contributed by atoms with E-state index in [4.69, 9.17) is 5.26 Å². The molecule has 1 heterocycles. The largest absolute Gasteiger partial charge is 0.380 e. The van der Waals surface area contributed by atoms with Crippen LogP contribution in [0.3, 0.4) is 0 Å². The lowest BCUT2D eigenvalue weighted by molar-refractivity contribution is 0.521. The molecule has 0 aliphatic carbocycles. The molecular weight excluding hydrogens is 306 g/mol. The smallest absolute Gasteiger partial charge is 0.242 e. The molecule has 0 spiro atoms. The van der Waals surface area contributed by atoms with Gasteiger partial charge in [0.05, 0.1) is 10.5 Å². The molecule has 0 aliphatic heterocycles. The van der Waals surface area contributed by atoms with Crippen molar-refractivity contribution in [1.29, 1.82) is 5.26 Å². The van der Waals surface area contributed by atoms with Gasteiger partial charge in [-0.3, -0.25) is 0 Å². The standard InChI is InChI=1S/C14H15N3O2S2/c1-17(2)21(18,19)14-5-3-4-12(7-14)16-9-13-6-11(8-15)10-20-13/h3-7,10,16H,9H2,1-2H3. The maximum absolute atomic E-state index is 12.1. The van der Waals surface area contributed by atoms with E-state index in [1.165, 1.54) is 29.7 Å². The van der Waals surface area contributed by atoms with E-state index in [2.05, 4.69) is 11.4 Å². The molecule has 0 radical (unpaired) electrons. The van der Waals surface area contributed by atoms with Crippen molar-refractivity contribution in [3.05, 3.63) is 46.2 Å². The van der Waals surface area contributed by atoms with Crippen LogP contribution in [0.25, 0.3) is 0 Å². The van der Waals surface area contributed by atoms with E-state index in [-0.39, 0.29) is 4.90 Å². The molecule has 1 N–H and O–H groups in total. The number of hydrogen-bond acceptors (Lipinski definition) is 5. The summed E-state index contributed by atoms with van der Waals surface area (Å²) in [6.07, 6.45) is 0. The molecule has 0 saturated heterocycles. The zero-order valence-electron chi connectivity index (χ0n) is 11.7. The van der Waals surface area contributed by atoms with Gasteiger partial charge in [-0.05, 0) is 24.3 Å². The Morgan fingerprint density at radius 3 is 2.71 bits per heavy atom. The fraction of sp³-hybridized carbons (Fsp3) is 0.214. The van der Waals surface area contributed by atoms with E-state index in [1.807, 2.05) is 12.1 Å². The number of hydrogen-bond donors (Lipinski definition) is 1. The molecule has 110 valence electrons. The van der Waals surface area contributed by atoms with Crippen molar-refractivity contribution in [3.63, 3.8) is 0 Å². The summed E-state index contributed by atoms with van der Waals surface area (Å²) in [6, 6.07) is 10.6. The number of nitriles is 1. The van der Waals surface area contributed by atoms with Crippen molar-refractivity contribution in [2.24, 2.45) is 0 Å². The Morgan fingerprint density at radius 1 is 1.33 bits per heavy atom. The molecule has 7 heteroatoms. The zero-order chi connectivity index (χ0) is 15.5. The molecule has 21 heavy (non-hydrogen) atoms. The molecule has 0 saturated carbocycles. The van der Waals surface area contributed by atoms with Crippen LogP contribution in [0.15, 0.2) is 40.6 Å². The first-order valence-electron chi connectivity index (χ1n) is 6.17. The van der Waals surface area contributed by atoms with Gasteiger partial charge in [0.2, 0.25) is 10.0 Å². The SMILES string of the molecule is CN(C)S(=O)(=O)c1cccc(NCc2cc(C#N)cs2)c1. The van der Waals surface area contributed by atoms with E-state index in [1.54, 1.807) is 23.6 Å². The van der Waals surface area contributed by atoms with Crippen molar-refractivity contribution in [3.8, 4) is 6.07 Å². The van der Waals surface area contributed by atoms with Crippen LogP contribution in [-0.4, -0.2) is 26.8 Å². The molecular formula is C14H15N3O2S2. The summed E-state index contributed by atoms with van der Waals surface area (Å²) in [7, 11) is -0.420. The lowest BCUT2D eigenvalue weighted by Gasteiger charge is -2.12. The summed E-state index contributed by atoms with van der Waals surface area (Å²) in [5.41, 5.74) is 1.37. The molecule has 0 bridgehead atoms. The second kappa shape index (κ2) is 6.26. The van der Waals surface area contributed by atoms with E-state index in [9.17, 15) is 8.42 Å². The molecule has 5 nitrogen and oxygen atoms in total. The van der Waals surface area contributed by atoms with Crippen LogP contribution in [0.4, 0.5) is 5.69 Å². The molecule has 1 aromatic carbocycles. The van der Waals surface area contributed by atoms with Crippen molar-refractivity contribution < 1.29 is 8.42 Å². The molecule has 0 aliphatic rings. The highest BCUT2D eigenvalue weighted by molar-refractivity contribution is 7.89. The summed E-state index contributed by atoms with van der Waals surface area (Å²) >= 11 is 1.50. The lowest BCUT2D eigenvalue weighted by Crippen LogP contribution is -2.22. The van der Waals surface area contributed by atoms with Crippen LogP contribution in [-0.2, 0) is 16.6 Å². The molecule has 1 aromatic heterocycles. The Kier molecular flexibility index (Phi) is 4.63. The van der Waals surface area contributed by atoms with Gasteiger partial charge < -0.3 is 5.32 Å². The van der Waals surface area contributed by atoms with Gasteiger partial charge in [-0.15, -0.1) is 11.3 Å². The van der Waals surface area contributed by atoms with E-state index >= 15 is 0 Å². The molecule has 2 aromatic rings. The minimum Gasteiger partial charge on any atom is -0.380 e.